The monoisotopic (exact) mass is 484 g/mol. The number of nitrogens with zero attached hydrogens (tertiary/aromatic N) is 1. The van der Waals surface area contributed by atoms with E-state index >= 15 is 0 Å². The molecule has 1 aromatic carbocycles. The number of amides is 1. The van der Waals surface area contributed by atoms with E-state index in [4.69, 9.17) is 10.5 Å². The van der Waals surface area contributed by atoms with Gasteiger partial charge in [-0.3, -0.25) is 24.1 Å². The van der Waals surface area contributed by atoms with E-state index in [0.29, 0.717) is 0 Å². The molecule has 3 aliphatic rings. The van der Waals surface area contributed by atoms with Crippen LogP contribution >= 0.6 is 0 Å². The Labute approximate surface area is 199 Å². The second-order valence-electron chi connectivity index (χ2n) is 9.02. The van der Waals surface area contributed by atoms with Gasteiger partial charge in [-0.1, -0.05) is 18.7 Å². The van der Waals surface area contributed by atoms with Crippen molar-refractivity contribution in [2.45, 2.75) is 24.7 Å². The van der Waals surface area contributed by atoms with Gasteiger partial charge in [0.2, 0.25) is 5.78 Å². The van der Waals surface area contributed by atoms with Crippen molar-refractivity contribution in [3.8, 4) is 5.75 Å². The van der Waals surface area contributed by atoms with E-state index in [2.05, 4.69) is 6.58 Å². The quantitative estimate of drug-likeness (QED) is 0.288. The summed E-state index contributed by atoms with van der Waals surface area (Å²) >= 11 is 0. The number of nitrogens with two attached hydrogens (primary N) is 1. The lowest BCUT2D eigenvalue weighted by atomic mass is 9.55. The fourth-order valence-corrected chi connectivity index (χ4v) is 5.51. The molecule has 6 N–H and O–H groups in total. The Balaban J connectivity index is 2.13. The van der Waals surface area contributed by atoms with Crippen LogP contribution in [0, 0.1) is 11.8 Å². The van der Waals surface area contributed by atoms with Gasteiger partial charge in [0, 0.05) is 6.92 Å². The minimum atomic E-state index is -2.98. The number of esters is 1. The molecular formula is C24H24N2O9. The van der Waals surface area contributed by atoms with E-state index in [9.17, 15) is 39.6 Å². The zero-order chi connectivity index (χ0) is 26.1. The van der Waals surface area contributed by atoms with Gasteiger partial charge in [-0.25, -0.2) is 0 Å². The summed E-state index contributed by atoms with van der Waals surface area (Å²) in [7, 11) is 2.87. The maximum atomic E-state index is 13.9. The van der Waals surface area contributed by atoms with Crippen LogP contribution in [0.1, 0.15) is 18.1 Å². The van der Waals surface area contributed by atoms with Gasteiger partial charge >= 0.3 is 5.97 Å². The van der Waals surface area contributed by atoms with Gasteiger partial charge in [-0.15, -0.1) is 0 Å². The summed E-state index contributed by atoms with van der Waals surface area (Å²) < 4.78 is 5.53. The number of aliphatic hydroxyl groups excluding tert-OH is 2. The maximum Gasteiger partial charge on any atom is 0.302 e. The molecule has 184 valence electrons. The molecular weight excluding hydrogens is 460 g/mol. The number of primary amides is 1. The zero-order valence-electron chi connectivity index (χ0n) is 19.1. The van der Waals surface area contributed by atoms with Gasteiger partial charge in [0.15, 0.2) is 11.4 Å². The van der Waals surface area contributed by atoms with Crippen LogP contribution in [0.4, 0.5) is 0 Å². The Hall–Kier alpha value is -3.96. The van der Waals surface area contributed by atoms with Crippen LogP contribution in [0.3, 0.4) is 0 Å². The molecule has 1 aromatic rings. The molecule has 35 heavy (non-hydrogen) atoms. The number of likely N-dealkylation sites (N-methyl/N-ethyl adjacent to an activating group) is 1. The second-order valence-corrected chi connectivity index (χ2v) is 9.02. The van der Waals surface area contributed by atoms with Gasteiger partial charge in [-0.2, -0.15) is 0 Å². The number of ketones is 2. The number of rotatable bonds is 3. The molecule has 3 aliphatic carbocycles. The van der Waals surface area contributed by atoms with Crippen molar-refractivity contribution < 1.29 is 44.3 Å². The average molecular weight is 484 g/mol. The molecule has 0 radical (unpaired) electrons. The molecule has 1 saturated carbocycles. The lowest BCUT2D eigenvalue weighted by Gasteiger charge is -2.53. The van der Waals surface area contributed by atoms with Gasteiger partial charge in [0.25, 0.3) is 5.91 Å². The van der Waals surface area contributed by atoms with E-state index in [1.54, 1.807) is 0 Å². The minimum absolute atomic E-state index is 0.143. The molecule has 0 spiro atoms. The number of carbonyl (C=O) groups is 4. The SMILES string of the molecule is C=C1c2cccc(O)c2C(O)=C2C(=O)[C@]3(O)C(O)=C(C(N)=O)C(=O)[C@@H](N(C)C)[C@@H]3[C@@H](OC(C)=O)[C@@H]12. The maximum absolute atomic E-state index is 13.9. The van der Waals surface area contributed by atoms with E-state index in [-0.39, 0.29) is 22.4 Å². The highest BCUT2D eigenvalue weighted by Gasteiger charge is 2.69. The number of hydrogen-bond acceptors (Lipinski definition) is 10. The smallest absolute Gasteiger partial charge is 0.302 e. The van der Waals surface area contributed by atoms with Crippen molar-refractivity contribution in [3.63, 3.8) is 0 Å². The summed E-state index contributed by atoms with van der Waals surface area (Å²) in [5.41, 5.74) is 1.13. The van der Waals surface area contributed by atoms with Crippen LogP contribution in [0.25, 0.3) is 11.3 Å². The number of Topliss-reactive ketones (excluding diaryl/α,β-unsaturated/α-hetero) is 2. The molecule has 0 heterocycles. The molecule has 11 heteroatoms. The number of ether oxygens (including phenoxy) is 1. The first kappa shape index (κ1) is 24.2. The van der Waals surface area contributed by atoms with Crippen molar-refractivity contribution in [2.24, 2.45) is 17.6 Å². The van der Waals surface area contributed by atoms with Crippen molar-refractivity contribution in [3.05, 3.63) is 52.8 Å². The Bertz CT molecular complexity index is 1290. The summed E-state index contributed by atoms with van der Waals surface area (Å²) in [6, 6.07) is 2.84. The summed E-state index contributed by atoms with van der Waals surface area (Å²) in [6.07, 6.45) is -1.50. The van der Waals surface area contributed by atoms with Crippen molar-refractivity contribution in [1.82, 2.24) is 4.90 Å². The normalized spacial score (nSPS) is 30.1. The first-order valence-corrected chi connectivity index (χ1v) is 10.6. The molecule has 0 saturated heterocycles. The summed E-state index contributed by atoms with van der Waals surface area (Å²) in [5, 5.41) is 44.2. The number of hydrogen-bond donors (Lipinski definition) is 5. The largest absolute Gasteiger partial charge is 0.508 e. The predicted octanol–water partition coefficient (Wildman–Crippen LogP) is -0.0237. The van der Waals surface area contributed by atoms with Gasteiger partial charge in [-0.05, 0) is 31.3 Å². The predicted molar refractivity (Wildman–Crippen MR) is 121 cm³/mol. The third-order valence-electron chi connectivity index (χ3n) is 6.88. The van der Waals surface area contributed by atoms with Gasteiger partial charge in [0.05, 0.1) is 29.0 Å². The number of benzene rings is 1. The molecule has 1 amide bonds. The second kappa shape index (κ2) is 7.79. The molecule has 5 atom stereocenters. The summed E-state index contributed by atoms with van der Waals surface area (Å²) in [4.78, 5) is 52.7. The van der Waals surface area contributed by atoms with E-state index in [1.165, 1.54) is 37.2 Å². The van der Waals surface area contributed by atoms with Gasteiger partial charge in [0.1, 0.15) is 28.9 Å². The Morgan fingerprint density at radius 2 is 1.80 bits per heavy atom. The van der Waals surface area contributed by atoms with Crippen molar-refractivity contribution >= 4 is 34.8 Å². The number of phenols is 1. The van der Waals surface area contributed by atoms with Crippen LogP contribution in [0.5, 0.6) is 5.75 Å². The van der Waals surface area contributed by atoms with Crippen LogP contribution < -0.4 is 5.73 Å². The van der Waals surface area contributed by atoms with E-state index in [1.807, 2.05) is 0 Å². The van der Waals surface area contributed by atoms with Crippen LogP contribution in [-0.2, 0) is 23.9 Å². The van der Waals surface area contributed by atoms with Crippen LogP contribution in [0.15, 0.2) is 41.7 Å². The standard InChI is InChI=1S/C24H24N2O9/c1-8-10-6-5-7-11(28)13(10)18(29)14-12(8)20(35-9(2)27)16-17(26(3)4)19(30)15(23(25)33)22(32)24(16,34)21(14)31/h5-7,12,16-17,20,28-29,32,34H,1H2,2-4H3,(H2,25,33)/t12-,16+,17-,20-,24-/m0/s1. The Kier molecular flexibility index (Phi) is 5.38. The fraction of sp³-hybridized carbons (Fsp3) is 0.333. The summed E-state index contributed by atoms with van der Waals surface area (Å²) in [5.74, 6) is -9.71. The minimum Gasteiger partial charge on any atom is -0.508 e. The molecule has 0 aromatic heterocycles. The van der Waals surface area contributed by atoms with Crippen molar-refractivity contribution in [1.29, 1.82) is 0 Å². The van der Waals surface area contributed by atoms with Crippen molar-refractivity contribution in [2.75, 3.05) is 14.1 Å². The fourth-order valence-electron chi connectivity index (χ4n) is 5.51. The van der Waals surface area contributed by atoms with E-state index in [0.717, 1.165) is 6.92 Å². The highest BCUT2D eigenvalue weighted by atomic mass is 16.5. The third kappa shape index (κ3) is 3.05. The van der Waals surface area contributed by atoms with E-state index < -0.39 is 75.7 Å². The highest BCUT2D eigenvalue weighted by Crippen LogP contribution is 2.56. The lowest BCUT2D eigenvalue weighted by Crippen LogP contribution is -2.70. The molecule has 1 fully saturated rings. The number of carbonyl (C=O) groups excluding carboxylic acids is 4. The molecule has 4 rings (SSSR count). The van der Waals surface area contributed by atoms with Crippen LogP contribution in [0.2, 0.25) is 0 Å². The molecule has 0 unspecified atom stereocenters. The van der Waals surface area contributed by atoms with Gasteiger partial charge < -0.3 is 30.9 Å². The summed E-state index contributed by atoms with van der Waals surface area (Å²) in [6.45, 7) is 5.06. The topological polar surface area (TPSA) is 188 Å². The number of aliphatic hydroxyl groups is 3. The first-order chi connectivity index (χ1) is 16.3. The highest BCUT2D eigenvalue weighted by molar-refractivity contribution is 6.25. The zero-order valence-corrected chi connectivity index (χ0v) is 19.1. The third-order valence-corrected chi connectivity index (χ3v) is 6.88. The Morgan fingerprint density at radius 3 is 2.34 bits per heavy atom. The number of aromatic hydroxyl groups is 1. The molecule has 11 nitrogen and oxygen atoms in total. The molecule has 0 bridgehead atoms. The average Bonchev–Trinajstić information content (AvgIpc) is 2.75. The van der Waals surface area contributed by atoms with Crippen LogP contribution in [-0.4, -0.2) is 80.6 Å². The lowest BCUT2D eigenvalue weighted by molar-refractivity contribution is -0.180. The first-order valence-electron chi connectivity index (χ1n) is 10.6. The Morgan fingerprint density at radius 1 is 1.17 bits per heavy atom. The molecule has 0 aliphatic heterocycles. The number of phenolic OH excluding ortho intramolecular Hbond substituents is 1. The number of fused-ring (bicyclic) bond motifs is 3.